The van der Waals surface area contributed by atoms with Crippen LogP contribution in [0.25, 0.3) is 0 Å². The molecule has 0 radical (unpaired) electrons. The molecule has 0 aliphatic heterocycles. The van der Waals surface area contributed by atoms with Crippen molar-refractivity contribution in [1.29, 1.82) is 0 Å². The van der Waals surface area contributed by atoms with Crippen LogP contribution in [0.5, 0.6) is 0 Å². The molecule has 1 rings (SSSR count). The zero-order valence-corrected chi connectivity index (χ0v) is 7.59. The van der Waals surface area contributed by atoms with Crippen molar-refractivity contribution in [2.24, 2.45) is 5.73 Å². The highest BCUT2D eigenvalue weighted by Crippen LogP contribution is 2.08. The van der Waals surface area contributed by atoms with E-state index in [1.807, 2.05) is 32.1 Å². The van der Waals surface area contributed by atoms with Gasteiger partial charge in [-0.3, -0.25) is 0 Å². The van der Waals surface area contributed by atoms with E-state index in [1.165, 1.54) is 5.57 Å². The van der Waals surface area contributed by atoms with Crippen molar-refractivity contribution in [2.75, 3.05) is 0 Å². The van der Waals surface area contributed by atoms with Gasteiger partial charge in [0.1, 0.15) is 0 Å². The highest BCUT2D eigenvalue weighted by molar-refractivity contribution is 5.28. The molecule has 0 bridgehead atoms. The Morgan fingerprint density at radius 1 is 1.27 bits per heavy atom. The molecule has 11 heavy (non-hydrogen) atoms. The first kappa shape index (κ1) is 10.0. The third-order valence-electron chi connectivity index (χ3n) is 1.44. The zero-order chi connectivity index (χ0) is 8.69. The lowest BCUT2D eigenvalue weighted by Crippen LogP contribution is -1.95. The minimum absolute atomic E-state index is 0.903. The van der Waals surface area contributed by atoms with Crippen molar-refractivity contribution in [2.45, 2.75) is 27.2 Å². The molecule has 1 nitrogen and oxygen atoms in total. The van der Waals surface area contributed by atoms with Gasteiger partial charge in [-0.05, 0) is 25.0 Å². The molecular weight excluding hydrogens is 134 g/mol. The van der Waals surface area contributed by atoms with Gasteiger partial charge in [-0.25, -0.2) is 0 Å². The van der Waals surface area contributed by atoms with Crippen LogP contribution >= 0.6 is 0 Å². The highest BCUT2D eigenvalue weighted by Gasteiger charge is 1.92. The fourth-order valence-electron chi connectivity index (χ4n) is 0.743. The van der Waals surface area contributed by atoms with Crippen molar-refractivity contribution in [3.05, 3.63) is 35.6 Å². The molecule has 1 aliphatic rings. The van der Waals surface area contributed by atoms with Gasteiger partial charge < -0.3 is 5.73 Å². The zero-order valence-electron chi connectivity index (χ0n) is 7.59. The third-order valence-corrected chi connectivity index (χ3v) is 1.44. The SMILES string of the molecule is CC.CC1=C(N)C=CC=CC1. The molecule has 2 N–H and O–H groups in total. The molecule has 0 heterocycles. The van der Waals surface area contributed by atoms with Crippen LogP contribution < -0.4 is 5.73 Å². The van der Waals surface area contributed by atoms with Gasteiger partial charge in [-0.15, -0.1) is 0 Å². The van der Waals surface area contributed by atoms with Gasteiger partial charge in [0.2, 0.25) is 0 Å². The maximum absolute atomic E-state index is 5.63. The molecule has 0 aromatic heterocycles. The molecule has 0 aromatic rings. The Balaban J connectivity index is 0.000000461. The van der Waals surface area contributed by atoms with Crippen LogP contribution in [0.2, 0.25) is 0 Å². The number of rotatable bonds is 0. The summed E-state index contributed by atoms with van der Waals surface area (Å²) in [5.41, 5.74) is 7.78. The van der Waals surface area contributed by atoms with E-state index in [9.17, 15) is 0 Å². The molecule has 0 fully saturated rings. The van der Waals surface area contributed by atoms with Crippen molar-refractivity contribution in [3.63, 3.8) is 0 Å². The van der Waals surface area contributed by atoms with Gasteiger partial charge in [-0.1, -0.05) is 32.1 Å². The second-order valence-corrected chi connectivity index (χ2v) is 2.23. The number of nitrogens with two attached hydrogens (primary N) is 1. The van der Waals surface area contributed by atoms with E-state index in [1.54, 1.807) is 0 Å². The van der Waals surface area contributed by atoms with Gasteiger partial charge >= 0.3 is 0 Å². The summed E-state index contributed by atoms with van der Waals surface area (Å²) in [6.45, 7) is 6.05. The Morgan fingerprint density at radius 2 is 1.91 bits per heavy atom. The molecule has 62 valence electrons. The first-order valence-corrected chi connectivity index (χ1v) is 4.09. The Labute approximate surface area is 69.3 Å². The van der Waals surface area contributed by atoms with Crippen LogP contribution in [0.1, 0.15) is 27.2 Å². The summed E-state index contributed by atoms with van der Waals surface area (Å²) < 4.78 is 0. The Morgan fingerprint density at radius 3 is 2.55 bits per heavy atom. The van der Waals surface area contributed by atoms with E-state index in [2.05, 4.69) is 13.0 Å². The number of hydrogen-bond donors (Lipinski definition) is 1. The van der Waals surface area contributed by atoms with Gasteiger partial charge in [0.25, 0.3) is 0 Å². The fourth-order valence-corrected chi connectivity index (χ4v) is 0.743. The van der Waals surface area contributed by atoms with Crippen LogP contribution in [0.15, 0.2) is 35.6 Å². The summed E-state index contributed by atoms with van der Waals surface area (Å²) in [6, 6.07) is 0. The quantitative estimate of drug-likeness (QED) is 0.566. The lowest BCUT2D eigenvalue weighted by atomic mass is 10.2. The second-order valence-electron chi connectivity index (χ2n) is 2.23. The molecule has 0 saturated heterocycles. The Kier molecular flexibility index (Phi) is 5.26. The molecule has 0 saturated carbocycles. The molecule has 0 aromatic carbocycles. The van der Waals surface area contributed by atoms with E-state index in [4.69, 9.17) is 5.73 Å². The van der Waals surface area contributed by atoms with Gasteiger partial charge in [0.15, 0.2) is 0 Å². The summed E-state index contributed by atoms with van der Waals surface area (Å²) in [5.74, 6) is 0. The standard InChI is InChI=1S/C8H11N.C2H6/c1-7-5-3-2-4-6-8(7)9;1-2/h2-4,6H,5,9H2,1H3;1-2H3. The molecule has 0 atom stereocenters. The molecule has 0 spiro atoms. The van der Waals surface area contributed by atoms with E-state index < -0.39 is 0 Å². The average molecular weight is 151 g/mol. The van der Waals surface area contributed by atoms with E-state index >= 15 is 0 Å². The van der Waals surface area contributed by atoms with Crippen LogP contribution in [0.4, 0.5) is 0 Å². The first-order chi connectivity index (χ1) is 5.30. The normalized spacial score (nSPS) is 15.5. The third kappa shape index (κ3) is 3.66. The largest absolute Gasteiger partial charge is 0.399 e. The molecule has 0 amide bonds. The van der Waals surface area contributed by atoms with Gasteiger partial charge in [0.05, 0.1) is 0 Å². The van der Waals surface area contributed by atoms with Gasteiger partial charge in [0, 0.05) is 5.70 Å². The maximum atomic E-state index is 5.63. The highest BCUT2D eigenvalue weighted by atomic mass is 14.6. The van der Waals surface area contributed by atoms with Crippen molar-refractivity contribution >= 4 is 0 Å². The monoisotopic (exact) mass is 151 g/mol. The summed E-state index contributed by atoms with van der Waals surface area (Å²) >= 11 is 0. The minimum Gasteiger partial charge on any atom is -0.399 e. The molecule has 1 aliphatic carbocycles. The molecule has 0 unspecified atom stereocenters. The Bertz CT molecular complexity index is 185. The fraction of sp³-hybridized carbons (Fsp3) is 0.400. The number of allylic oxidation sites excluding steroid dienone is 5. The van der Waals surface area contributed by atoms with Crippen molar-refractivity contribution < 1.29 is 0 Å². The Hall–Kier alpha value is -0.980. The van der Waals surface area contributed by atoms with E-state index in [0.29, 0.717) is 0 Å². The summed E-state index contributed by atoms with van der Waals surface area (Å²) in [7, 11) is 0. The summed E-state index contributed by atoms with van der Waals surface area (Å²) in [5, 5.41) is 0. The van der Waals surface area contributed by atoms with E-state index in [0.717, 1.165) is 12.1 Å². The van der Waals surface area contributed by atoms with Crippen LogP contribution in [0.3, 0.4) is 0 Å². The molecule has 1 heteroatoms. The second kappa shape index (κ2) is 5.78. The summed E-state index contributed by atoms with van der Waals surface area (Å²) in [6.07, 6.45) is 9.00. The maximum Gasteiger partial charge on any atom is 0.0306 e. The predicted octanol–water partition coefficient (Wildman–Crippen LogP) is 2.76. The topological polar surface area (TPSA) is 26.0 Å². The van der Waals surface area contributed by atoms with Crippen molar-refractivity contribution in [3.8, 4) is 0 Å². The predicted molar refractivity (Wildman–Crippen MR) is 51.1 cm³/mol. The minimum atomic E-state index is 0.903. The van der Waals surface area contributed by atoms with E-state index in [-0.39, 0.29) is 0 Å². The van der Waals surface area contributed by atoms with Crippen molar-refractivity contribution in [1.82, 2.24) is 0 Å². The van der Waals surface area contributed by atoms with Crippen LogP contribution in [-0.2, 0) is 0 Å². The van der Waals surface area contributed by atoms with Crippen LogP contribution in [-0.4, -0.2) is 0 Å². The smallest absolute Gasteiger partial charge is 0.0306 e. The average Bonchev–Trinajstić information content (AvgIpc) is 2.22. The lowest BCUT2D eigenvalue weighted by molar-refractivity contribution is 1.15. The van der Waals surface area contributed by atoms with Crippen LogP contribution in [0, 0.1) is 0 Å². The van der Waals surface area contributed by atoms with Gasteiger partial charge in [-0.2, -0.15) is 0 Å². The summed E-state index contributed by atoms with van der Waals surface area (Å²) in [4.78, 5) is 0. The first-order valence-electron chi connectivity index (χ1n) is 4.09. The lowest BCUT2D eigenvalue weighted by Gasteiger charge is -1.96. The molecular formula is C10H17N. The number of hydrogen-bond acceptors (Lipinski definition) is 1.